The van der Waals surface area contributed by atoms with Gasteiger partial charge in [-0.15, -0.1) is 0 Å². The number of nitrogens with one attached hydrogen (secondary N) is 1. The number of amides is 3. The van der Waals surface area contributed by atoms with E-state index in [-0.39, 0.29) is 23.8 Å². The summed E-state index contributed by atoms with van der Waals surface area (Å²) >= 11 is 0. The number of carbonyl (C=O) groups is 3. The van der Waals surface area contributed by atoms with Crippen molar-refractivity contribution >= 4 is 29.3 Å². The maximum atomic E-state index is 13.6. The van der Waals surface area contributed by atoms with Gasteiger partial charge in [0.25, 0.3) is 5.91 Å². The van der Waals surface area contributed by atoms with Crippen LogP contribution >= 0.6 is 0 Å². The van der Waals surface area contributed by atoms with E-state index < -0.39 is 23.5 Å². The van der Waals surface area contributed by atoms with Gasteiger partial charge in [0.15, 0.2) is 5.69 Å². The summed E-state index contributed by atoms with van der Waals surface area (Å²) in [5, 5.41) is 2.46. The summed E-state index contributed by atoms with van der Waals surface area (Å²) in [6.45, 7) is 2.99. The predicted molar refractivity (Wildman–Crippen MR) is 142 cm³/mol. The monoisotopic (exact) mass is 571 g/mol. The number of ether oxygens (including phenoxy) is 1. The standard InChI is InChI=1S/C28H28F3N5O5/c1-40-26(38)19-11-12-36(17-19)27(39)35-15-13-34(14-16-35)21-9-7-20(8-10-21)32-24(37)22-23(28(29,30)31)41-25(33-22)18-5-3-2-4-6-18/h2-10,19H,11-17H2,1H3,(H,32,37). The maximum Gasteiger partial charge on any atom is 0.452 e. The largest absolute Gasteiger partial charge is 0.469 e. The summed E-state index contributed by atoms with van der Waals surface area (Å²) in [6, 6.07) is 14.6. The number of piperazine rings is 1. The van der Waals surface area contributed by atoms with Crippen LogP contribution in [0.2, 0.25) is 0 Å². The number of methoxy groups -OCH3 is 1. The van der Waals surface area contributed by atoms with Gasteiger partial charge in [0.05, 0.1) is 13.0 Å². The first-order valence-electron chi connectivity index (χ1n) is 13.1. The maximum absolute atomic E-state index is 13.6. The number of hydrogen-bond acceptors (Lipinski definition) is 7. The Morgan fingerprint density at radius 2 is 1.63 bits per heavy atom. The van der Waals surface area contributed by atoms with E-state index >= 15 is 0 Å². The van der Waals surface area contributed by atoms with Gasteiger partial charge in [-0.3, -0.25) is 9.59 Å². The van der Waals surface area contributed by atoms with Gasteiger partial charge in [-0.2, -0.15) is 13.2 Å². The molecule has 0 spiro atoms. The number of anilines is 2. The average molecular weight is 572 g/mol. The Hall–Kier alpha value is -4.55. The highest BCUT2D eigenvalue weighted by Gasteiger charge is 2.42. The van der Waals surface area contributed by atoms with Gasteiger partial charge in [-0.25, -0.2) is 9.78 Å². The number of nitrogens with zero attached hydrogens (tertiary/aromatic N) is 4. The smallest absolute Gasteiger partial charge is 0.452 e. The zero-order chi connectivity index (χ0) is 29.1. The van der Waals surface area contributed by atoms with Crippen LogP contribution in [-0.4, -0.2) is 79.1 Å². The Labute approximate surface area is 233 Å². The topological polar surface area (TPSA) is 108 Å². The molecule has 2 saturated heterocycles. The molecule has 1 aromatic heterocycles. The Morgan fingerprint density at radius 3 is 2.27 bits per heavy atom. The van der Waals surface area contributed by atoms with E-state index in [4.69, 9.17) is 9.15 Å². The SMILES string of the molecule is COC(=O)C1CCN(C(=O)N2CCN(c3ccc(NC(=O)c4nc(-c5ccccc5)oc4C(F)(F)F)cc3)CC2)C1. The van der Waals surface area contributed by atoms with Crippen molar-refractivity contribution in [3.8, 4) is 11.5 Å². The zero-order valence-corrected chi connectivity index (χ0v) is 22.2. The van der Waals surface area contributed by atoms with Crippen LogP contribution in [0.4, 0.5) is 29.3 Å². The lowest BCUT2D eigenvalue weighted by molar-refractivity contribution is -0.153. The Morgan fingerprint density at radius 1 is 0.951 bits per heavy atom. The summed E-state index contributed by atoms with van der Waals surface area (Å²) in [6.07, 6.45) is -4.32. The normalized spacial score (nSPS) is 17.5. The number of likely N-dealkylation sites (tertiary alicyclic amines) is 1. The molecule has 2 fully saturated rings. The van der Waals surface area contributed by atoms with E-state index in [1.807, 2.05) is 0 Å². The molecule has 0 radical (unpaired) electrons. The molecule has 216 valence electrons. The van der Waals surface area contributed by atoms with Crippen LogP contribution in [0, 0.1) is 5.92 Å². The van der Waals surface area contributed by atoms with Crippen LogP contribution in [0.25, 0.3) is 11.5 Å². The molecule has 1 atom stereocenters. The quantitative estimate of drug-likeness (QED) is 0.454. The van der Waals surface area contributed by atoms with Gasteiger partial charge < -0.3 is 29.2 Å². The summed E-state index contributed by atoms with van der Waals surface area (Å²) in [5.74, 6) is -3.40. The van der Waals surface area contributed by atoms with Crippen molar-refractivity contribution in [1.82, 2.24) is 14.8 Å². The van der Waals surface area contributed by atoms with Gasteiger partial charge in [-0.1, -0.05) is 18.2 Å². The molecule has 2 aromatic carbocycles. The first-order chi connectivity index (χ1) is 19.6. The van der Waals surface area contributed by atoms with Crippen molar-refractivity contribution in [2.24, 2.45) is 5.92 Å². The number of alkyl halides is 3. The van der Waals surface area contributed by atoms with Gasteiger partial charge in [0.1, 0.15) is 0 Å². The molecule has 2 aliphatic heterocycles. The molecule has 13 heteroatoms. The number of carbonyl (C=O) groups excluding carboxylic acids is 3. The molecule has 0 aliphatic carbocycles. The highest BCUT2D eigenvalue weighted by molar-refractivity contribution is 6.04. The molecule has 10 nitrogen and oxygen atoms in total. The second-order valence-corrected chi connectivity index (χ2v) is 9.77. The van der Waals surface area contributed by atoms with E-state index in [1.165, 1.54) is 19.2 Å². The first-order valence-corrected chi connectivity index (χ1v) is 13.1. The molecule has 0 saturated carbocycles. The number of halogens is 3. The van der Waals surface area contributed by atoms with E-state index in [1.54, 1.807) is 52.3 Å². The third-order valence-corrected chi connectivity index (χ3v) is 7.15. The Balaban J connectivity index is 1.19. The summed E-state index contributed by atoms with van der Waals surface area (Å²) in [5.41, 5.74) is 0.594. The van der Waals surface area contributed by atoms with Crippen LogP contribution in [0.15, 0.2) is 59.0 Å². The molecule has 2 aliphatic rings. The Kier molecular flexibility index (Phi) is 7.86. The van der Waals surface area contributed by atoms with Crippen molar-refractivity contribution in [2.45, 2.75) is 12.6 Å². The first kappa shape index (κ1) is 28.0. The van der Waals surface area contributed by atoms with E-state index in [9.17, 15) is 27.6 Å². The van der Waals surface area contributed by atoms with Crippen molar-refractivity contribution in [1.29, 1.82) is 0 Å². The Bertz CT molecular complexity index is 1400. The number of oxazole rings is 1. The van der Waals surface area contributed by atoms with Crippen molar-refractivity contribution < 1.29 is 36.7 Å². The van der Waals surface area contributed by atoms with Crippen LogP contribution in [0.5, 0.6) is 0 Å². The van der Waals surface area contributed by atoms with Crippen LogP contribution in [-0.2, 0) is 15.7 Å². The van der Waals surface area contributed by atoms with Crippen molar-refractivity contribution in [3.05, 3.63) is 66.1 Å². The van der Waals surface area contributed by atoms with Crippen molar-refractivity contribution in [3.63, 3.8) is 0 Å². The molecule has 1 N–H and O–H groups in total. The molecule has 5 rings (SSSR count). The number of aromatic nitrogens is 1. The molecule has 1 unspecified atom stereocenters. The highest BCUT2D eigenvalue weighted by atomic mass is 19.4. The van der Waals surface area contributed by atoms with Crippen LogP contribution in [0.3, 0.4) is 0 Å². The minimum atomic E-state index is -4.90. The van der Waals surface area contributed by atoms with Gasteiger partial charge >= 0.3 is 18.2 Å². The lowest BCUT2D eigenvalue weighted by atomic mass is 10.1. The third-order valence-electron chi connectivity index (χ3n) is 7.15. The molecular weight excluding hydrogens is 543 g/mol. The average Bonchev–Trinajstić information content (AvgIpc) is 3.66. The second-order valence-electron chi connectivity index (χ2n) is 9.77. The lowest BCUT2D eigenvalue weighted by Gasteiger charge is -2.37. The fourth-order valence-electron chi connectivity index (χ4n) is 4.97. The van der Waals surface area contributed by atoms with Gasteiger partial charge in [0, 0.05) is 56.2 Å². The predicted octanol–water partition coefficient (Wildman–Crippen LogP) is 4.35. The summed E-state index contributed by atoms with van der Waals surface area (Å²) in [7, 11) is 1.34. The van der Waals surface area contributed by atoms with Gasteiger partial charge in [0.2, 0.25) is 11.7 Å². The van der Waals surface area contributed by atoms with E-state index in [0.29, 0.717) is 56.9 Å². The number of urea groups is 1. The molecule has 0 bridgehead atoms. The minimum Gasteiger partial charge on any atom is -0.469 e. The van der Waals surface area contributed by atoms with E-state index in [2.05, 4.69) is 15.2 Å². The molecule has 3 heterocycles. The zero-order valence-electron chi connectivity index (χ0n) is 22.2. The molecular formula is C28H28F3N5O5. The fraction of sp³-hybridized carbons (Fsp3) is 0.357. The highest BCUT2D eigenvalue weighted by Crippen LogP contribution is 2.35. The third kappa shape index (κ3) is 6.13. The summed E-state index contributed by atoms with van der Waals surface area (Å²) in [4.78, 5) is 46.8. The number of benzene rings is 2. The molecule has 3 amide bonds. The number of rotatable bonds is 5. The fourth-order valence-corrected chi connectivity index (χ4v) is 4.97. The van der Waals surface area contributed by atoms with Crippen LogP contribution < -0.4 is 10.2 Å². The number of hydrogen-bond donors (Lipinski definition) is 1. The molecule has 3 aromatic rings. The van der Waals surface area contributed by atoms with E-state index in [0.717, 1.165) is 5.69 Å². The number of esters is 1. The van der Waals surface area contributed by atoms with Crippen LogP contribution in [0.1, 0.15) is 22.7 Å². The lowest BCUT2D eigenvalue weighted by Crippen LogP contribution is -2.52. The second kappa shape index (κ2) is 11.5. The minimum absolute atomic E-state index is 0.101. The van der Waals surface area contributed by atoms with Gasteiger partial charge in [-0.05, 0) is 42.8 Å². The summed E-state index contributed by atoms with van der Waals surface area (Å²) < 4.78 is 50.5. The van der Waals surface area contributed by atoms with Crippen molar-refractivity contribution in [2.75, 3.05) is 56.6 Å². The molecule has 41 heavy (non-hydrogen) atoms.